The predicted molar refractivity (Wildman–Crippen MR) is 115 cm³/mol. The molecule has 28 heavy (non-hydrogen) atoms. The minimum Gasteiger partial charge on any atom is -0.328 e. The summed E-state index contributed by atoms with van der Waals surface area (Å²) in [6.45, 7) is 4.77. The van der Waals surface area contributed by atoms with Gasteiger partial charge in [0.15, 0.2) is 6.54 Å². The molecule has 1 amide bonds. The van der Waals surface area contributed by atoms with E-state index in [1.165, 1.54) is 16.7 Å². The maximum Gasteiger partial charge on any atom is 0.279 e. The second-order valence-electron chi connectivity index (χ2n) is 7.22. The van der Waals surface area contributed by atoms with Crippen molar-refractivity contribution in [2.75, 3.05) is 11.9 Å². The van der Waals surface area contributed by atoms with Gasteiger partial charge < -0.3 is 10.6 Å². The Hall–Kier alpha value is -2.91. The molecular weight excluding hydrogens is 344 g/mol. The van der Waals surface area contributed by atoms with Gasteiger partial charge in [0, 0.05) is 16.8 Å². The van der Waals surface area contributed by atoms with Crippen LogP contribution in [0, 0.1) is 0 Å². The normalized spacial score (nSPS) is 12.0. The maximum absolute atomic E-state index is 12.5. The van der Waals surface area contributed by atoms with Crippen LogP contribution in [0.3, 0.4) is 0 Å². The Kier molecular flexibility index (Phi) is 6.99. The molecule has 0 radical (unpaired) electrons. The molecule has 3 heteroatoms. The third-order valence-electron chi connectivity index (χ3n) is 5.23. The Morgan fingerprint density at radius 1 is 0.821 bits per heavy atom. The smallest absolute Gasteiger partial charge is 0.279 e. The van der Waals surface area contributed by atoms with Gasteiger partial charge in [0.2, 0.25) is 0 Å². The van der Waals surface area contributed by atoms with Gasteiger partial charge in [0.25, 0.3) is 5.91 Å². The fourth-order valence-electron chi connectivity index (χ4n) is 3.35. The number of nitrogens with two attached hydrogens (primary N) is 1. The van der Waals surface area contributed by atoms with Crippen LogP contribution in [0.4, 0.5) is 5.69 Å². The summed E-state index contributed by atoms with van der Waals surface area (Å²) < 4.78 is 0. The third kappa shape index (κ3) is 5.30. The summed E-state index contributed by atoms with van der Waals surface area (Å²) in [5.74, 6) is 0.545. The van der Waals surface area contributed by atoms with E-state index in [-0.39, 0.29) is 11.9 Å². The topological polar surface area (TPSA) is 45.7 Å². The highest BCUT2D eigenvalue weighted by atomic mass is 16.1. The summed E-state index contributed by atoms with van der Waals surface area (Å²) in [6, 6.07) is 28.9. The Morgan fingerprint density at radius 2 is 1.36 bits per heavy atom. The van der Waals surface area contributed by atoms with E-state index in [1.807, 2.05) is 48.5 Å². The van der Waals surface area contributed by atoms with Crippen LogP contribution >= 0.6 is 0 Å². The molecule has 3 nitrogen and oxygen atoms in total. The lowest BCUT2D eigenvalue weighted by Gasteiger charge is -2.16. The number of anilines is 1. The third-order valence-corrected chi connectivity index (χ3v) is 5.23. The van der Waals surface area contributed by atoms with Crippen molar-refractivity contribution in [2.45, 2.75) is 32.2 Å². The lowest BCUT2D eigenvalue weighted by atomic mass is 9.98. The van der Waals surface area contributed by atoms with Crippen molar-refractivity contribution in [2.24, 2.45) is 0 Å². The number of nitrogens with one attached hydrogen (secondary N) is 1. The van der Waals surface area contributed by atoms with Crippen LogP contribution in [0.15, 0.2) is 84.9 Å². The van der Waals surface area contributed by atoms with Crippen molar-refractivity contribution >= 4 is 11.6 Å². The highest BCUT2D eigenvalue weighted by Gasteiger charge is 2.18. The number of quaternary nitrogens is 1. The van der Waals surface area contributed by atoms with Gasteiger partial charge in [-0.15, -0.1) is 0 Å². The van der Waals surface area contributed by atoms with Crippen LogP contribution in [-0.2, 0) is 4.79 Å². The molecule has 3 N–H and O–H groups in total. The monoisotopic (exact) mass is 373 g/mol. The van der Waals surface area contributed by atoms with Gasteiger partial charge in [-0.05, 0) is 30.0 Å². The van der Waals surface area contributed by atoms with Crippen molar-refractivity contribution in [3.8, 4) is 0 Å². The largest absolute Gasteiger partial charge is 0.328 e. The number of amides is 1. The van der Waals surface area contributed by atoms with Gasteiger partial charge in [-0.25, -0.2) is 0 Å². The summed E-state index contributed by atoms with van der Waals surface area (Å²) >= 11 is 0. The molecule has 0 aromatic heterocycles. The average Bonchev–Trinajstić information content (AvgIpc) is 2.75. The second-order valence-corrected chi connectivity index (χ2v) is 7.22. The van der Waals surface area contributed by atoms with E-state index >= 15 is 0 Å². The molecule has 0 saturated heterocycles. The van der Waals surface area contributed by atoms with Gasteiger partial charge in [-0.1, -0.05) is 86.6 Å². The number of benzene rings is 3. The Labute approximate surface area is 167 Å². The zero-order valence-corrected chi connectivity index (χ0v) is 16.6. The van der Waals surface area contributed by atoms with E-state index in [0.717, 1.165) is 12.1 Å². The molecule has 1 atom stereocenters. The summed E-state index contributed by atoms with van der Waals surface area (Å²) in [7, 11) is 0. The van der Waals surface area contributed by atoms with Crippen LogP contribution in [0.25, 0.3) is 0 Å². The number of hydrogen-bond acceptors (Lipinski definition) is 1. The van der Waals surface area contributed by atoms with Gasteiger partial charge in [-0.3, -0.25) is 4.79 Å². The first-order valence-corrected chi connectivity index (χ1v) is 10.0. The maximum atomic E-state index is 12.5. The fourth-order valence-corrected chi connectivity index (χ4v) is 3.35. The Bertz CT molecular complexity index is 821. The van der Waals surface area contributed by atoms with Crippen LogP contribution in [0.1, 0.15) is 48.9 Å². The van der Waals surface area contributed by atoms with E-state index in [1.54, 1.807) is 0 Å². The fraction of sp³-hybridized carbons (Fsp3) is 0.240. The highest BCUT2D eigenvalue weighted by Crippen LogP contribution is 2.20. The van der Waals surface area contributed by atoms with Crippen molar-refractivity contribution in [1.29, 1.82) is 0 Å². The number of rotatable bonds is 8. The van der Waals surface area contributed by atoms with Gasteiger partial charge in [0.1, 0.15) is 6.04 Å². The van der Waals surface area contributed by atoms with Crippen LogP contribution in [0.2, 0.25) is 0 Å². The van der Waals surface area contributed by atoms with E-state index in [4.69, 9.17) is 0 Å². The average molecular weight is 374 g/mol. The zero-order valence-electron chi connectivity index (χ0n) is 16.6. The first-order chi connectivity index (χ1) is 13.7. The van der Waals surface area contributed by atoms with Crippen molar-refractivity contribution in [1.82, 2.24) is 0 Å². The molecule has 0 aliphatic carbocycles. The molecule has 0 spiro atoms. The molecule has 0 bridgehead atoms. The van der Waals surface area contributed by atoms with E-state index in [0.29, 0.717) is 12.5 Å². The molecule has 0 heterocycles. The second kappa shape index (κ2) is 9.86. The summed E-state index contributed by atoms with van der Waals surface area (Å²) in [5, 5.41) is 5.10. The Balaban J connectivity index is 1.64. The first kappa shape index (κ1) is 19.8. The molecule has 0 aliphatic rings. The lowest BCUT2D eigenvalue weighted by molar-refractivity contribution is -0.676. The Morgan fingerprint density at radius 3 is 1.86 bits per heavy atom. The SMILES string of the molecule is CC[C@H](C)c1ccc(NC(=O)C[NH2+]C(c2ccccc2)c2ccccc2)cc1. The van der Waals surface area contributed by atoms with Crippen molar-refractivity contribution in [3.05, 3.63) is 102 Å². The first-order valence-electron chi connectivity index (χ1n) is 10.0. The summed E-state index contributed by atoms with van der Waals surface area (Å²) in [6.07, 6.45) is 1.11. The molecule has 0 aliphatic heterocycles. The zero-order chi connectivity index (χ0) is 19.8. The van der Waals surface area contributed by atoms with Crippen LogP contribution in [0.5, 0.6) is 0 Å². The highest BCUT2D eigenvalue weighted by molar-refractivity contribution is 5.91. The quantitative estimate of drug-likeness (QED) is 0.600. The lowest BCUT2D eigenvalue weighted by Crippen LogP contribution is -2.87. The molecular formula is C25H29N2O+. The van der Waals surface area contributed by atoms with Crippen molar-refractivity contribution in [3.63, 3.8) is 0 Å². The minimum absolute atomic E-state index is 0.00755. The molecule has 144 valence electrons. The molecule has 0 saturated carbocycles. The van der Waals surface area contributed by atoms with E-state index in [2.05, 4.69) is 60.9 Å². The number of carbonyl (C=O) groups excluding carboxylic acids is 1. The van der Waals surface area contributed by atoms with Crippen molar-refractivity contribution < 1.29 is 10.1 Å². The summed E-state index contributed by atoms with van der Waals surface area (Å²) in [4.78, 5) is 12.5. The number of hydrogen-bond donors (Lipinski definition) is 2. The van der Waals surface area contributed by atoms with Crippen LogP contribution in [-0.4, -0.2) is 12.5 Å². The predicted octanol–water partition coefficient (Wildman–Crippen LogP) is 4.49. The van der Waals surface area contributed by atoms with Crippen LogP contribution < -0.4 is 10.6 Å². The molecule has 3 aromatic rings. The molecule has 3 rings (SSSR count). The molecule has 0 fully saturated rings. The molecule has 0 unspecified atom stereocenters. The van der Waals surface area contributed by atoms with E-state index in [9.17, 15) is 4.79 Å². The van der Waals surface area contributed by atoms with Gasteiger partial charge in [-0.2, -0.15) is 0 Å². The van der Waals surface area contributed by atoms with Gasteiger partial charge in [0.05, 0.1) is 0 Å². The number of carbonyl (C=O) groups is 1. The standard InChI is InChI=1S/C25H28N2O/c1-3-19(2)20-14-16-23(17-15-20)27-24(28)18-26-25(21-10-6-4-7-11-21)22-12-8-5-9-13-22/h4-17,19,25-26H,3,18H2,1-2H3,(H,27,28)/p+1/t19-/m0/s1. The van der Waals surface area contributed by atoms with E-state index < -0.39 is 0 Å². The summed E-state index contributed by atoms with van der Waals surface area (Å²) in [5.41, 5.74) is 4.54. The van der Waals surface area contributed by atoms with Gasteiger partial charge >= 0.3 is 0 Å². The molecule has 3 aromatic carbocycles. The minimum atomic E-state index is 0.00755.